The van der Waals surface area contributed by atoms with E-state index in [9.17, 15) is 4.79 Å². The summed E-state index contributed by atoms with van der Waals surface area (Å²) in [5.41, 5.74) is 0.998. The van der Waals surface area contributed by atoms with Crippen LogP contribution in [0.4, 0.5) is 0 Å². The summed E-state index contributed by atoms with van der Waals surface area (Å²) in [7, 11) is 0. The van der Waals surface area contributed by atoms with Crippen molar-refractivity contribution in [2.24, 2.45) is 0 Å². The molecule has 2 N–H and O–H groups in total. The van der Waals surface area contributed by atoms with Crippen LogP contribution in [0.2, 0.25) is 5.02 Å². The van der Waals surface area contributed by atoms with Crippen LogP contribution in [0.1, 0.15) is 24.8 Å². The molecule has 0 saturated heterocycles. The molecule has 132 valence electrons. The van der Waals surface area contributed by atoms with Gasteiger partial charge in [-0.25, -0.2) is 0 Å². The SMILES string of the molecule is O=C(C=Cc1ccccc1Sc1ccc(Cl)cc1)NCCCCCO. The minimum atomic E-state index is -0.102. The van der Waals surface area contributed by atoms with E-state index in [1.54, 1.807) is 17.8 Å². The van der Waals surface area contributed by atoms with Crippen LogP contribution >= 0.6 is 23.4 Å². The number of carbonyl (C=O) groups is 1. The molecule has 0 unspecified atom stereocenters. The van der Waals surface area contributed by atoms with Gasteiger partial charge in [-0.1, -0.05) is 41.6 Å². The second kappa shape index (κ2) is 11.0. The molecular weight excluding hydrogens is 354 g/mol. The van der Waals surface area contributed by atoms with Crippen LogP contribution in [0.3, 0.4) is 0 Å². The number of hydrogen-bond acceptors (Lipinski definition) is 3. The minimum absolute atomic E-state index is 0.102. The molecule has 2 aromatic rings. The number of unbranched alkanes of at least 4 members (excludes halogenated alkanes) is 2. The van der Waals surface area contributed by atoms with Gasteiger partial charge in [0.2, 0.25) is 5.91 Å². The zero-order valence-corrected chi connectivity index (χ0v) is 15.5. The van der Waals surface area contributed by atoms with Crippen molar-refractivity contribution >= 4 is 35.3 Å². The second-order valence-corrected chi connectivity index (χ2v) is 7.05. The van der Waals surface area contributed by atoms with Crippen LogP contribution in [-0.2, 0) is 4.79 Å². The number of nitrogens with one attached hydrogen (secondary N) is 1. The maximum Gasteiger partial charge on any atom is 0.243 e. The summed E-state index contributed by atoms with van der Waals surface area (Å²) in [5.74, 6) is -0.102. The average Bonchev–Trinajstić information content (AvgIpc) is 2.63. The van der Waals surface area contributed by atoms with Gasteiger partial charge in [-0.2, -0.15) is 0 Å². The molecule has 5 heteroatoms. The van der Waals surface area contributed by atoms with E-state index >= 15 is 0 Å². The highest BCUT2D eigenvalue weighted by Crippen LogP contribution is 2.31. The summed E-state index contributed by atoms with van der Waals surface area (Å²) in [6, 6.07) is 15.7. The standard InChI is InChI=1S/C20H22ClNO2S/c21-17-9-11-18(12-10-17)25-19-7-3-2-6-16(19)8-13-20(24)22-14-4-1-5-15-23/h2-3,6-13,23H,1,4-5,14-15H2,(H,22,24). The first kappa shape index (κ1) is 19.6. The number of rotatable bonds is 9. The molecular formula is C20H22ClNO2S. The number of halogens is 1. The van der Waals surface area contributed by atoms with E-state index in [-0.39, 0.29) is 12.5 Å². The van der Waals surface area contributed by atoms with E-state index in [0.29, 0.717) is 11.6 Å². The molecule has 0 bridgehead atoms. The van der Waals surface area contributed by atoms with Gasteiger partial charge in [0.05, 0.1) is 0 Å². The summed E-state index contributed by atoms with van der Waals surface area (Å²) >= 11 is 7.56. The molecule has 0 aliphatic heterocycles. The van der Waals surface area contributed by atoms with Gasteiger partial charge < -0.3 is 10.4 Å². The molecule has 0 spiro atoms. The largest absolute Gasteiger partial charge is 0.396 e. The lowest BCUT2D eigenvalue weighted by Crippen LogP contribution is -2.22. The van der Waals surface area contributed by atoms with Crippen molar-refractivity contribution in [3.63, 3.8) is 0 Å². The van der Waals surface area contributed by atoms with Crippen molar-refractivity contribution in [3.8, 4) is 0 Å². The van der Waals surface area contributed by atoms with Gasteiger partial charge in [-0.3, -0.25) is 4.79 Å². The molecule has 0 aliphatic carbocycles. The van der Waals surface area contributed by atoms with Crippen molar-refractivity contribution in [1.82, 2.24) is 5.32 Å². The number of amides is 1. The maximum absolute atomic E-state index is 11.9. The van der Waals surface area contributed by atoms with Crippen LogP contribution in [-0.4, -0.2) is 24.2 Å². The molecule has 0 heterocycles. The Bertz CT molecular complexity index is 701. The lowest BCUT2D eigenvalue weighted by Gasteiger charge is -2.06. The van der Waals surface area contributed by atoms with Gasteiger partial charge in [0.25, 0.3) is 0 Å². The summed E-state index contributed by atoms with van der Waals surface area (Å²) in [6.45, 7) is 0.834. The van der Waals surface area contributed by atoms with Gasteiger partial charge >= 0.3 is 0 Å². The van der Waals surface area contributed by atoms with E-state index in [1.807, 2.05) is 54.6 Å². The zero-order valence-electron chi connectivity index (χ0n) is 14.0. The third-order valence-electron chi connectivity index (χ3n) is 3.51. The van der Waals surface area contributed by atoms with Crippen molar-refractivity contribution in [1.29, 1.82) is 0 Å². The maximum atomic E-state index is 11.9. The Morgan fingerprint density at radius 3 is 2.60 bits per heavy atom. The number of hydrogen-bond donors (Lipinski definition) is 2. The van der Waals surface area contributed by atoms with E-state index in [4.69, 9.17) is 16.7 Å². The minimum Gasteiger partial charge on any atom is -0.396 e. The van der Waals surface area contributed by atoms with Gasteiger partial charge in [0.1, 0.15) is 0 Å². The first-order valence-electron chi connectivity index (χ1n) is 8.28. The molecule has 2 aromatic carbocycles. The van der Waals surface area contributed by atoms with Gasteiger partial charge in [0.15, 0.2) is 0 Å². The van der Waals surface area contributed by atoms with Crippen LogP contribution in [0.15, 0.2) is 64.4 Å². The number of carbonyl (C=O) groups excluding carboxylic acids is 1. The Labute approximate surface area is 158 Å². The van der Waals surface area contributed by atoms with Gasteiger partial charge in [0, 0.05) is 34.0 Å². The monoisotopic (exact) mass is 375 g/mol. The summed E-state index contributed by atoms with van der Waals surface area (Å²) < 4.78 is 0. The molecule has 0 atom stereocenters. The van der Waals surface area contributed by atoms with Crippen molar-refractivity contribution in [2.75, 3.05) is 13.2 Å². The van der Waals surface area contributed by atoms with Crippen LogP contribution in [0.25, 0.3) is 6.08 Å². The van der Waals surface area contributed by atoms with Crippen molar-refractivity contribution in [2.45, 2.75) is 29.1 Å². The highest BCUT2D eigenvalue weighted by atomic mass is 35.5. The zero-order chi connectivity index (χ0) is 17.9. The molecule has 0 fully saturated rings. The topological polar surface area (TPSA) is 49.3 Å². The van der Waals surface area contributed by atoms with E-state index < -0.39 is 0 Å². The molecule has 0 aliphatic rings. The molecule has 1 amide bonds. The Balaban J connectivity index is 1.93. The summed E-state index contributed by atoms with van der Waals surface area (Å²) in [4.78, 5) is 14.1. The van der Waals surface area contributed by atoms with E-state index in [0.717, 1.165) is 34.6 Å². The molecule has 0 saturated carbocycles. The highest BCUT2D eigenvalue weighted by molar-refractivity contribution is 7.99. The third-order valence-corrected chi connectivity index (χ3v) is 4.86. The Morgan fingerprint density at radius 2 is 1.84 bits per heavy atom. The number of benzene rings is 2. The predicted octanol–water partition coefficient (Wildman–Crippen LogP) is 4.78. The average molecular weight is 376 g/mol. The predicted molar refractivity (Wildman–Crippen MR) is 105 cm³/mol. The normalized spacial score (nSPS) is 11.0. The quantitative estimate of drug-likeness (QED) is 0.489. The smallest absolute Gasteiger partial charge is 0.243 e. The van der Waals surface area contributed by atoms with Crippen LogP contribution in [0.5, 0.6) is 0 Å². The summed E-state index contributed by atoms with van der Waals surface area (Å²) in [6.07, 6.45) is 5.97. The fraction of sp³-hybridized carbons (Fsp3) is 0.250. The van der Waals surface area contributed by atoms with Crippen LogP contribution < -0.4 is 5.32 Å². The molecule has 0 aromatic heterocycles. The molecule has 0 radical (unpaired) electrons. The summed E-state index contributed by atoms with van der Waals surface area (Å²) in [5, 5.41) is 12.3. The lowest BCUT2D eigenvalue weighted by molar-refractivity contribution is -0.116. The Morgan fingerprint density at radius 1 is 1.08 bits per heavy atom. The molecule has 25 heavy (non-hydrogen) atoms. The first-order chi connectivity index (χ1) is 12.2. The highest BCUT2D eigenvalue weighted by Gasteiger charge is 2.03. The fourth-order valence-electron chi connectivity index (χ4n) is 2.19. The van der Waals surface area contributed by atoms with Crippen molar-refractivity contribution < 1.29 is 9.90 Å². The third kappa shape index (κ3) is 7.34. The first-order valence-corrected chi connectivity index (χ1v) is 9.47. The number of aliphatic hydroxyl groups excluding tert-OH is 1. The molecule has 3 nitrogen and oxygen atoms in total. The Hall–Kier alpha value is -1.75. The molecule has 2 rings (SSSR count). The second-order valence-electron chi connectivity index (χ2n) is 5.50. The lowest BCUT2D eigenvalue weighted by atomic mass is 10.2. The fourth-order valence-corrected chi connectivity index (χ4v) is 3.24. The van der Waals surface area contributed by atoms with Crippen LogP contribution in [0, 0.1) is 0 Å². The van der Waals surface area contributed by atoms with Crippen molar-refractivity contribution in [3.05, 3.63) is 65.2 Å². The van der Waals surface area contributed by atoms with Gasteiger partial charge in [-0.05, 0) is 61.2 Å². The van der Waals surface area contributed by atoms with Gasteiger partial charge in [-0.15, -0.1) is 0 Å². The Kier molecular flexibility index (Phi) is 8.60. The van der Waals surface area contributed by atoms with E-state index in [2.05, 4.69) is 5.32 Å². The van der Waals surface area contributed by atoms with E-state index in [1.165, 1.54) is 0 Å². The number of aliphatic hydroxyl groups is 1.